The summed E-state index contributed by atoms with van der Waals surface area (Å²) in [4.78, 5) is 15.1. The van der Waals surface area contributed by atoms with Crippen LogP contribution in [-0.4, -0.2) is 23.1 Å². The van der Waals surface area contributed by atoms with Gasteiger partial charge in [-0.25, -0.2) is 0 Å². The molecule has 0 saturated carbocycles. The molecule has 0 spiro atoms. The first-order chi connectivity index (χ1) is 9.61. The molecular weight excluding hydrogens is 292 g/mol. The number of hydrogen-bond donors (Lipinski definition) is 1. The maximum absolute atomic E-state index is 12.3. The van der Waals surface area contributed by atoms with Crippen LogP contribution in [0.25, 0.3) is 0 Å². The summed E-state index contributed by atoms with van der Waals surface area (Å²) in [7, 11) is 0. The molecule has 0 saturated heterocycles. The smallest absolute Gasteiger partial charge is 0.237 e. The Morgan fingerprint density at radius 3 is 2.90 bits per heavy atom. The van der Waals surface area contributed by atoms with Crippen molar-refractivity contribution in [1.29, 1.82) is 0 Å². The minimum Gasteiger partial charge on any atom is -0.398 e. The molecule has 0 aliphatic heterocycles. The molecule has 2 N–H and O–H groups in total. The van der Waals surface area contributed by atoms with E-state index in [1.165, 1.54) is 17.5 Å². The van der Waals surface area contributed by atoms with Crippen molar-refractivity contribution < 1.29 is 4.79 Å². The van der Waals surface area contributed by atoms with Crippen molar-refractivity contribution >= 4 is 35.0 Å². The van der Waals surface area contributed by atoms with Crippen LogP contribution < -0.4 is 5.73 Å². The molecule has 2 rings (SSSR count). The number of nitrogen functional groups attached to an aromatic ring is 1. The number of nitrogens with zero attached hydrogens (tertiary/aromatic N) is 1. The van der Waals surface area contributed by atoms with Gasteiger partial charge in [0.05, 0.1) is 16.5 Å². The number of hydrogen-bond acceptors (Lipinski definition) is 3. The lowest BCUT2D eigenvalue weighted by Gasteiger charge is -2.22. The first-order valence-electron chi connectivity index (χ1n) is 6.79. The summed E-state index contributed by atoms with van der Waals surface area (Å²) >= 11 is 7.48. The van der Waals surface area contributed by atoms with Crippen molar-refractivity contribution in [3.8, 4) is 0 Å². The standard InChI is InChI=1S/C15H19ClN2OS/c1-2-18(11-5-3-4-6-11)15(19)10-20-12-7-8-14(17)13(16)9-12/h5,7-9H,2-4,6,10,17H2,1H3. The van der Waals surface area contributed by atoms with Gasteiger partial charge in [0.25, 0.3) is 0 Å². The molecule has 5 heteroatoms. The average molecular weight is 311 g/mol. The van der Waals surface area contributed by atoms with E-state index >= 15 is 0 Å². The molecule has 0 atom stereocenters. The first-order valence-corrected chi connectivity index (χ1v) is 8.15. The molecule has 1 aliphatic carbocycles. The van der Waals surface area contributed by atoms with Crippen LogP contribution in [0.15, 0.2) is 34.9 Å². The van der Waals surface area contributed by atoms with E-state index in [1.54, 1.807) is 12.1 Å². The van der Waals surface area contributed by atoms with Crippen molar-refractivity contribution in [2.75, 3.05) is 18.0 Å². The van der Waals surface area contributed by atoms with E-state index < -0.39 is 0 Å². The van der Waals surface area contributed by atoms with Gasteiger partial charge in [-0.3, -0.25) is 4.79 Å². The van der Waals surface area contributed by atoms with Crippen LogP contribution in [0.4, 0.5) is 5.69 Å². The fourth-order valence-corrected chi connectivity index (χ4v) is 3.32. The summed E-state index contributed by atoms with van der Waals surface area (Å²) in [5.41, 5.74) is 7.41. The quantitative estimate of drug-likeness (QED) is 0.662. The number of benzene rings is 1. The minimum absolute atomic E-state index is 0.151. The van der Waals surface area contributed by atoms with Gasteiger partial charge in [0.2, 0.25) is 5.91 Å². The van der Waals surface area contributed by atoms with Crippen molar-refractivity contribution in [2.24, 2.45) is 0 Å². The Kier molecular flexibility index (Phi) is 5.38. The molecule has 1 aromatic rings. The predicted octanol–water partition coefficient (Wildman–Crippen LogP) is 3.93. The van der Waals surface area contributed by atoms with E-state index in [9.17, 15) is 4.79 Å². The molecule has 3 nitrogen and oxygen atoms in total. The summed E-state index contributed by atoms with van der Waals surface area (Å²) in [6.45, 7) is 2.75. The zero-order chi connectivity index (χ0) is 14.5. The third-order valence-corrected chi connectivity index (χ3v) is 4.62. The number of anilines is 1. The van der Waals surface area contributed by atoms with Crippen molar-refractivity contribution in [3.63, 3.8) is 0 Å². The highest BCUT2D eigenvalue weighted by molar-refractivity contribution is 8.00. The van der Waals surface area contributed by atoms with Crippen LogP contribution in [0, 0.1) is 0 Å². The lowest BCUT2D eigenvalue weighted by Crippen LogP contribution is -2.31. The molecular formula is C15H19ClN2OS. The van der Waals surface area contributed by atoms with Crippen LogP contribution in [0.5, 0.6) is 0 Å². The monoisotopic (exact) mass is 310 g/mol. The van der Waals surface area contributed by atoms with Gasteiger partial charge in [-0.05, 0) is 44.4 Å². The number of allylic oxidation sites excluding steroid dienone is 2. The Hall–Kier alpha value is -1.13. The Morgan fingerprint density at radius 1 is 1.50 bits per heavy atom. The number of halogens is 1. The topological polar surface area (TPSA) is 46.3 Å². The molecule has 1 aliphatic rings. The van der Waals surface area contributed by atoms with Crippen LogP contribution in [0.2, 0.25) is 5.02 Å². The van der Waals surface area contributed by atoms with Gasteiger partial charge in [0, 0.05) is 17.1 Å². The number of carbonyl (C=O) groups excluding carboxylic acids is 1. The Labute approximate surface area is 129 Å². The van der Waals surface area contributed by atoms with Crippen molar-refractivity contribution in [3.05, 3.63) is 35.0 Å². The molecule has 0 aromatic heterocycles. The van der Waals surface area contributed by atoms with Gasteiger partial charge < -0.3 is 10.6 Å². The molecule has 1 aromatic carbocycles. The van der Waals surface area contributed by atoms with Gasteiger partial charge in [-0.2, -0.15) is 0 Å². The minimum atomic E-state index is 0.151. The fourth-order valence-electron chi connectivity index (χ4n) is 2.26. The molecule has 1 amide bonds. The van der Waals surface area contributed by atoms with E-state index in [1.807, 2.05) is 17.9 Å². The van der Waals surface area contributed by atoms with E-state index in [0.717, 1.165) is 30.7 Å². The van der Waals surface area contributed by atoms with Crippen LogP contribution in [-0.2, 0) is 4.79 Å². The fraction of sp³-hybridized carbons (Fsp3) is 0.400. The van der Waals surface area contributed by atoms with Crippen LogP contribution in [0.3, 0.4) is 0 Å². The largest absolute Gasteiger partial charge is 0.398 e. The van der Waals surface area contributed by atoms with Gasteiger partial charge in [0.15, 0.2) is 0 Å². The number of amides is 1. The second-order valence-electron chi connectivity index (χ2n) is 4.70. The van der Waals surface area contributed by atoms with E-state index in [0.29, 0.717) is 16.5 Å². The number of nitrogens with two attached hydrogens (primary N) is 1. The molecule has 0 unspecified atom stereocenters. The highest BCUT2D eigenvalue weighted by Gasteiger charge is 2.18. The van der Waals surface area contributed by atoms with Gasteiger partial charge >= 0.3 is 0 Å². The van der Waals surface area contributed by atoms with Crippen LogP contribution >= 0.6 is 23.4 Å². The lowest BCUT2D eigenvalue weighted by molar-refractivity contribution is -0.126. The summed E-state index contributed by atoms with van der Waals surface area (Å²) in [6, 6.07) is 5.47. The maximum atomic E-state index is 12.3. The normalized spacial score (nSPS) is 14.2. The SMILES string of the molecule is CCN(C(=O)CSc1ccc(N)c(Cl)c1)C1=CCCC1. The zero-order valence-corrected chi connectivity index (χ0v) is 13.1. The van der Waals surface area contributed by atoms with Crippen molar-refractivity contribution in [1.82, 2.24) is 4.90 Å². The van der Waals surface area contributed by atoms with Gasteiger partial charge in [0.1, 0.15) is 0 Å². The summed E-state index contributed by atoms with van der Waals surface area (Å²) in [5.74, 6) is 0.574. The van der Waals surface area contributed by atoms with E-state index in [2.05, 4.69) is 6.08 Å². The predicted molar refractivity (Wildman–Crippen MR) is 85.9 cm³/mol. The third kappa shape index (κ3) is 3.70. The molecule has 0 bridgehead atoms. The van der Waals surface area contributed by atoms with Gasteiger partial charge in [-0.15, -0.1) is 11.8 Å². The van der Waals surface area contributed by atoms with Crippen LogP contribution in [0.1, 0.15) is 26.2 Å². The first kappa shape index (κ1) is 15.3. The molecule has 20 heavy (non-hydrogen) atoms. The number of carbonyl (C=O) groups is 1. The Morgan fingerprint density at radius 2 is 2.30 bits per heavy atom. The molecule has 0 heterocycles. The van der Waals surface area contributed by atoms with Crippen molar-refractivity contribution in [2.45, 2.75) is 31.1 Å². The zero-order valence-electron chi connectivity index (χ0n) is 11.6. The third-order valence-electron chi connectivity index (χ3n) is 3.32. The van der Waals surface area contributed by atoms with Gasteiger partial charge in [-0.1, -0.05) is 17.7 Å². The average Bonchev–Trinajstić information content (AvgIpc) is 2.95. The number of thioether (sulfide) groups is 1. The highest BCUT2D eigenvalue weighted by Crippen LogP contribution is 2.27. The molecule has 108 valence electrons. The van der Waals surface area contributed by atoms with E-state index in [4.69, 9.17) is 17.3 Å². The molecule has 0 fully saturated rings. The summed E-state index contributed by atoms with van der Waals surface area (Å²) in [6.07, 6.45) is 5.42. The lowest BCUT2D eigenvalue weighted by atomic mass is 10.3. The number of rotatable bonds is 5. The van der Waals surface area contributed by atoms with E-state index in [-0.39, 0.29) is 5.91 Å². The Bertz CT molecular complexity index is 531. The highest BCUT2D eigenvalue weighted by atomic mass is 35.5. The second-order valence-corrected chi connectivity index (χ2v) is 6.15. The summed E-state index contributed by atoms with van der Waals surface area (Å²) in [5, 5.41) is 0.535. The second kappa shape index (κ2) is 7.04. The molecule has 0 radical (unpaired) electrons. The Balaban J connectivity index is 1.95. The summed E-state index contributed by atoms with van der Waals surface area (Å²) < 4.78 is 0. The maximum Gasteiger partial charge on any atom is 0.237 e.